The quantitative estimate of drug-likeness (QED) is 0.188. The van der Waals surface area contributed by atoms with Crippen molar-refractivity contribution < 1.29 is 4.39 Å². The molecule has 0 saturated carbocycles. The number of fused-ring (bicyclic) bond motifs is 1. The van der Waals surface area contributed by atoms with Gasteiger partial charge in [0.05, 0.1) is 11.1 Å². The number of halogens is 2. The molecule has 0 aliphatic heterocycles. The molecular weight excluding hydrogens is 475 g/mol. The summed E-state index contributed by atoms with van der Waals surface area (Å²) in [6.45, 7) is 2.01. The molecule has 5 aromatic rings. The van der Waals surface area contributed by atoms with E-state index in [4.69, 9.17) is 16.6 Å². The Balaban J connectivity index is 1.72. The number of hydrogen-bond acceptors (Lipinski definition) is 4. The summed E-state index contributed by atoms with van der Waals surface area (Å²) >= 11 is 9.02. The van der Waals surface area contributed by atoms with Gasteiger partial charge in [-0.1, -0.05) is 78.0 Å². The maximum absolute atomic E-state index is 14.4. The van der Waals surface area contributed by atoms with E-state index in [2.05, 4.69) is 0 Å². The maximum atomic E-state index is 14.4. The van der Waals surface area contributed by atoms with Crippen molar-refractivity contribution in [2.75, 3.05) is 0 Å². The molecule has 0 bridgehead atoms. The number of hydrogen-bond donors (Lipinski definition) is 0. The zero-order chi connectivity index (χ0) is 22.9. The SMILES string of the molecule is Cc1sc2nc(SCc3c(F)cccc3Cl)n(-c3ccccc3)c(=O)c2c1-c1ccccc1. The van der Waals surface area contributed by atoms with Crippen molar-refractivity contribution >= 4 is 44.9 Å². The zero-order valence-corrected chi connectivity index (χ0v) is 20.0. The summed E-state index contributed by atoms with van der Waals surface area (Å²) in [6, 6.07) is 23.9. The van der Waals surface area contributed by atoms with E-state index in [-0.39, 0.29) is 17.1 Å². The highest BCUT2D eigenvalue weighted by Crippen LogP contribution is 2.37. The first-order valence-electron chi connectivity index (χ1n) is 10.3. The molecule has 0 unspecified atom stereocenters. The molecule has 0 fully saturated rings. The molecule has 0 aliphatic rings. The summed E-state index contributed by atoms with van der Waals surface area (Å²) in [5.41, 5.74) is 2.86. The molecule has 164 valence electrons. The molecule has 0 spiro atoms. The Kier molecular flexibility index (Phi) is 6.06. The van der Waals surface area contributed by atoms with Crippen LogP contribution >= 0.6 is 34.7 Å². The molecule has 0 atom stereocenters. The molecule has 3 nitrogen and oxygen atoms in total. The van der Waals surface area contributed by atoms with Gasteiger partial charge in [-0.15, -0.1) is 11.3 Å². The van der Waals surface area contributed by atoms with Gasteiger partial charge in [-0.25, -0.2) is 9.37 Å². The molecule has 5 rings (SSSR count). The molecule has 7 heteroatoms. The highest BCUT2D eigenvalue weighted by atomic mass is 35.5. The number of rotatable bonds is 5. The smallest absolute Gasteiger partial charge is 0.268 e. The van der Waals surface area contributed by atoms with Gasteiger partial charge >= 0.3 is 0 Å². The van der Waals surface area contributed by atoms with Gasteiger partial charge in [-0.3, -0.25) is 9.36 Å². The van der Waals surface area contributed by atoms with Gasteiger partial charge in [-0.2, -0.15) is 0 Å². The van der Waals surface area contributed by atoms with E-state index in [9.17, 15) is 9.18 Å². The molecule has 33 heavy (non-hydrogen) atoms. The fourth-order valence-corrected chi connectivity index (χ4v) is 6.25. The van der Waals surface area contributed by atoms with Gasteiger partial charge in [0, 0.05) is 26.8 Å². The lowest BCUT2D eigenvalue weighted by Crippen LogP contribution is -2.21. The van der Waals surface area contributed by atoms with Crippen LogP contribution in [-0.4, -0.2) is 9.55 Å². The lowest BCUT2D eigenvalue weighted by molar-refractivity contribution is 0.617. The van der Waals surface area contributed by atoms with Gasteiger partial charge in [0.15, 0.2) is 5.16 Å². The molecule has 2 heterocycles. The van der Waals surface area contributed by atoms with E-state index in [1.807, 2.05) is 67.6 Å². The first kappa shape index (κ1) is 21.9. The highest BCUT2D eigenvalue weighted by Gasteiger charge is 2.21. The zero-order valence-electron chi connectivity index (χ0n) is 17.6. The summed E-state index contributed by atoms with van der Waals surface area (Å²) in [5.74, 6) is -0.116. The second kappa shape index (κ2) is 9.14. The number of benzene rings is 3. The third kappa shape index (κ3) is 4.10. The lowest BCUT2D eigenvalue weighted by atomic mass is 10.0. The van der Waals surface area contributed by atoms with E-state index in [1.165, 1.54) is 29.2 Å². The molecule has 2 aromatic heterocycles. The average Bonchev–Trinajstić information content (AvgIpc) is 3.16. The van der Waals surface area contributed by atoms with Crippen LogP contribution in [0.3, 0.4) is 0 Å². The fourth-order valence-electron chi connectivity index (χ4n) is 3.80. The molecule has 0 N–H and O–H groups in total. The molecule has 0 aliphatic carbocycles. The number of thiophene rings is 1. The number of nitrogens with zero attached hydrogens (tertiary/aromatic N) is 2. The third-order valence-electron chi connectivity index (χ3n) is 5.36. The van der Waals surface area contributed by atoms with Gasteiger partial charge in [-0.05, 0) is 36.8 Å². The Hall–Kier alpha value is -2.93. The third-order valence-corrected chi connectivity index (χ3v) is 7.67. The van der Waals surface area contributed by atoms with Crippen LogP contribution in [0.1, 0.15) is 10.4 Å². The molecule has 3 aromatic carbocycles. The summed E-state index contributed by atoms with van der Waals surface area (Å²) < 4.78 is 16.0. The molecule has 0 saturated heterocycles. The van der Waals surface area contributed by atoms with Crippen molar-refractivity contribution in [2.45, 2.75) is 17.8 Å². The number of aryl methyl sites for hydroxylation is 1. The number of aromatic nitrogens is 2. The van der Waals surface area contributed by atoms with Crippen molar-refractivity contribution in [3.8, 4) is 16.8 Å². The minimum atomic E-state index is -0.372. The minimum absolute atomic E-state index is 0.142. The van der Waals surface area contributed by atoms with Crippen LogP contribution in [0.5, 0.6) is 0 Å². The van der Waals surface area contributed by atoms with Crippen LogP contribution in [0, 0.1) is 12.7 Å². The van der Waals surface area contributed by atoms with Crippen LogP contribution in [0.15, 0.2) is 88.8 Å². The fraction of sp³-hybridized carbons (Fsp3) is 0.0769. The van der Waals surface area contributed by atoms with E-state index >= 15 is 0 Å². The summed E-state index contributed by atoms with van der Waals surface area (Å²) in [6.07, 6.45) is 0. The minimum Gasteiger partial charge on any atom is -0.268 e. The standard InChI is InChI=1S/C26H18ClFN2OS2/c1-16-22(17-9-4-2-5-10-17)23-24(33-16)29-26(30(25(23)31)18-11-6-3-7-12-18)32-15-19-20(27)13-8-14-21(19)28/h2-14H,15H2,1H3. The normalized spacial score (nSPS) is 11.2. The van der Waals surface area contributed by atoms with E-state index < -0.39 is 0 Å². The largest absolute Gasteiger partial charge is 0.268 e. The van der Waals surface area contributed by atoms with E-state index in [0.717, 1.165) is 16.0 Å². The Labute approximate surface area is 203 Å². The van der Waals surface area contributed by atoms with Crippen LogP contribution in [0.25, 0.3) is 27.0 Å². The lowest BCUT2D eigenvalue weighted by Gasteiger charge is -2.13. The monoisotopic (exact) mass is 492 g/mol. The summed E-state index contributed by atoms with van der Waals surface area (Å²) in [5, 5.41) is 1.45. The van der Waals surface area contributed by atoms with Gasteiger partial charge < -0.3 is 0 Å². The second-order valence-corrected chi connectivity index (χ2v) is 9.99. The van der Waals surface area contributed by atoms with Crippen LogP contribution in [-0.2, 0) is 5.75 Å². The van der Waals surface area contributed by atoms with Gasteiger partial charge in [0.2, 0.25) is 0 Å². The Morgan fingerprint density at radius 1 is 1.00 bits per heavy atom. The van der Waals surface area contributed by atoms with E-state index in [0.29, 0.717) is 31.6 Å². The summed E-state index contributed by atoms with van der Waals surface area (Å²) in [4.78, 5) is 20.5. The predicted octanol–water partition coefficient (Wildman–Crippen LogP) is 7.51. The van der Waals surface area contributed by atoms with E-state index in [1.54, 1.807) is 16.7 Å². The maximum Gasteiger partial charge on any atom is 0.268 e. The van der Waals surface area contributed by atoms with Crippen molar-refractivity contribution in [3.63, 3.8) is 0 Å². The van der Waals surface area contributed by atoms with Crippen molar-refractivity contribution in [1.29, 1.82) is 0 Å². The van der Waals surface area contributed by atoms with Gasteiger partial charge in [0.25, 0.3) is 5.56 Å². The first-order chi connectivity index (χ1) is 16.0. The van der Waals surface area contributed by atoms with Crippen molar-refractivity contribution in [1.82, 2.24) is 9.55 Å². The molecular formula is C26H18ClFN2OS2. The van der Waals surface area contributed by atoms with Gasteiger partial charge in [0.1, 0.15) is 10.6 Å². The summed E-state index contributed by atoms with van der Waals surface area (Å²) in [7, 11) is 0. The van der Waals surface area contributed by atoms with Crippen molar-refractivity contribution in [2.24, 2.45) is 0 Å². The first-order valence-corrected chi connectivity index (χ1v) is 12.5. The van der Waals surface area contributed by atoms with Crippen LogP contribution in [0.2, 0.25) is 5.02 Å². The van der Waals surface area contributed by atoms with Crippen LogP contribution in [0.4, 0.5) is 4.39 Å². The highest BCUT2D eigenvalue weighted by molar-refractivity contribution is 7.98. The number of thioether (sulfide) groups is 1. The molecule has 0 radical (unpaired) electrons. The second-order valence-electron chi connectivity index (χ2n) is 7.44. The molecule has 0 amide bonds. The number of para-hydroxylation sites is 1. The van der Waals surface area contributed by atoms with Crippen LogP contribution < -0.4 is 5.56 Å². The Morgan fingerprint density at radius 2 is 1.70 bits per heavy atom. The Morgan fingerprint density at radius 3 is 2.39 bits per heavy atom. The topological polar surface area (TPSA) is 34.9 Å². The van der Waals surface area contributed by atoms with Crippen molar-refractivity contribution in [3.05, 3.63) is 110 Å². The average molecular weight is 493 g/mol. The Bertz CT molecular complexity index is 1490. The predicted molar refractivity (Wildman–Crippen MR) is 136 cm³/mol.